The second kappa shape index (κ2) is 7.84. The Kier molecular flexibility index (Phi) is 5.81. The molecule has 1 aromatic carbocycles. The lowest BCUT2D eigenvalue weighted by Crippen LogP contribution is -2.32. The highest BCUT2D eigenvalue weighted by Gasteiger charge is 2.17. The number of nitrogens with one attached hydrogen (secondary N) is 1. The second-order valence-corrected chi connectivity index (χ2v) is 5.40. The summed E-state index contributed by atoms with van der Waals surface area (Å²) in [6, 6.07) is 5.76. The third-order valence-electron chi connectivity index (χ3n) is 3.64. The molecule has 114 valence electrons. The molecule has 0 saturated heterocycles. The Morgan fingerprint density at radius 2 is 2.29 bits per heavy atom. The van der Waals surface area contributed by atoms with Crippen molar-refractivity contribution < 1.29 is 9.53 Å². The minimum Gasteiger partial charge on any atom is -0.478 e. The lowest BCUT2D eigenvalue weighted by molar-refractivity contribution is -0.111. The van der Waals surface area contributed by atoms with Gasteiger partial charge in [0.15, 0.2) is 0 Å². The van der Waals surface area contributed by atoms with Gasteiger partial charge < -0.3 is 10.1 Å². The fourth-order valence-corrected chi connectivity index (χ4v) is 2.47. The zero-order valence-corrected chi connectivity index (χ0v) is 12.7. The van der Waals surface area contributed by atoms with E-state index in [9.17, 15) is 4.79 Å². The standard InChI is InChI=1S/C17H24N2O2/c1-3-5-6-7-10-19-12-14-11-15(18-17(20)4-2)8-9-16(14)21-13-19/h4,8-9,11H,2-3,5-7,10,12-13H2,1H3,(H,18,20). The van der Waals surface area contributed by atoms with Crippen LogP contribution in [0.3, 0.4) is 0 Å². The zero-order valence-electron chi connectivity index (χ0n) is 12.7. The van der Waals surface area contributed by atoms with E-state index in [1.165, 1.54) is 31.8 Å². The van der Waals surface area contributed by atoms with Crippen molar-refractivity contribution in [2.24, 2.45) is 0 Å². The first-order valence-corrected chi connectivity index (χ1v) is 7.64. The number of benzene rings is 1. The average molecular weight is 288 g/mol. The van der Waals surface area contributed by atoms with Gasteiger partial charge in [0.1, 0.15) is 12.5 Å². The topological polar surface area (TPSA) is 41.6 Å². The fraction of sp³-hybridized carbons (Fsp3) is 0.471. The van der Waals surface area contributed by atoms with E-state index in [2.05, 4.69) is 23.7 Å². The van der Waals surface area contributed by atoms with Crippen molar-refractivity contribution in [2.75, 3.05) is 18.6 Å². The van der Waals surface area contributed by atoms with Crippen molar-refractivity contribution in [3.05, 3.63) is 36.4 Å². The molecule has 0 bridgehead atoms. The molecule has 21 heavy (non-hydrogen) atoms. The average Bonchev–Trinajstić information content (AvgIpc) is 2.51. The van der Waals surface area contributed by atoms with Gasteiger partial charge in [-0.3, -0.25) is 9.69 Å². The molecule has 0 saturated carbocycles. The van der Waals surface area contributed by atoms with Gasteiger partial charge in [0.25, 0.3) is 0 Å². The predicted molar refractivity (Wildman–Crippen MR) is 85.3 cm³/mol. The van der Waals surface area contributed by atoms with Crippen LogP contribution in [-0.2, 0) is 11.3 Å². The first kappa shape index (κ1) is 15.6. The Hall–Kier alpha value is -1.81. The van der Waals surface area contributed by atoms with Crippen LogP contribution in [0.15, 0.2) is 30.9 Å². The molecule has 0 radical (unpaired) electrons. The summed E-state index contributed by atoms with van der Waals surface area (Å²) >= 11 is 0. The van der Waals surface area contributed by atoms with E-state index in [0.717, 1.165) is 30.1 Å². The van der Waals surface area contributed by atoms with Crippen LogP contribution in [0, 0.1) is 0 Å². The quantitative estimate of drug-likeness (QED) is 0.616. The van der Waals surface area contributed by atoms with Crippen LogP contribution in [0.2, 0.25) is 0 Å². The van der Waals surface area contributed by atoms with Crippen LogP contribution in [-0.4, -0.2) is 24.1 Å². The summed E-state index contributed by atoms with van der Waals surface area (Å²) < 4.78 is 5.77. The first-order valence-electron chi connectivity index (χ1n) is 7.64. The van der Waals surface area contributed by atoms with Gasteiger partial charge in [-0.2, -0.15) is 0 Å². The summed E-state index contributed by atoms with van der Waals surface area (Å²) in [6.45, 7) is 8.26. The van der Waals surface area contributed by atoms with E-state index in [1.807, 2.05) is 18.2 Å². The summed E-state index contributed by atoms with van der Waals surface area (Å²) in [4.78, 5) is 13.6. The Bertz CT molecular complexity index is 500. The van der Waals surface area contributed by atoms with Crippen molar-refractivity contribution in [2.45, 2.75) is 39.2 Å². The van der Waals surface area contributed by atoms with Gasteiger partial charge in [-0.25, -0.2) is 0 Å². The molecule has 1 N–H and O–H groups in total. The van der Waals surface area contributed by atoms with Crippen molar-refractivity contribution in [1.82, 2.24) is 4.90 Å². The highest BCUT2D eigenvalue weighted by Crippen LogP contribution is 2.28. The molecule has 4 heteroatoms. The molecule has 0 aliphatic carbocycles. The number of hydrogen-bond acceptors (Lipinski definition) is 3. The van der Waals surface area contributed by atoms with Gasteiger partial charge >= 0.3 is 0 Å². The van der Waals surface area contributed by atoms with E-state index < -0.39 is 0 Å². The van der Waals surface area contributed by atoms with Crippen LogP contribution in [0.4, 0.5) is 5.69 Å². The SMILES string of the molecule is C=CC(=O)Nc1ccc2c(c1)CN(CCCCCC)CO2. The molecule has 1 aliphatic heterocycles. The van der Waals surface area contributed by atoms with Crippen LogP contribution in [0.1, 0.15) is 38.2 Å². The molecule has 1 amide bonds. The highest BCUT2D eigenvalue weighted by molar-refractivity contribution is 5.98. The number of unbranched alkanes of at least 4 members (excludes halogenated alkanes) is 3. The van der Waals surface area contributed by atoms with Crippen molar-refractivity contribution in [3.63, 3.8) is 0 Å². The normalized spacial score (nSPS) is 14.1. The maximum Gasteiger partial charge on any atom is 0.247 e. The maximum atomic E-state index is 11.3. The number of amides is 1. The Balaban J connectivity index is 1.93. The van der Waals surface area contributed by atoms with Crippen LogP contribution in [0.25, 0.3) is 0 Å². The van der Waals surface area contributed by atoms with E-state index in [4.69, 9.17) is 4.74 Å². The molecule has 0 aromatic heterocycles. The molecule has 1 aromatic rings. The van der Waals surface area contributed by atoms with Gasteiger partial charge in [0.2, 0.25) is 5.91 Å². The van der Waals surface area contributed by atoms with E-state index in [0.29, 0.717) is 6.73 Å². The lowest BCUT2D eigenvalue weighted by Gasteiger charge is -2.29. The molecule has 4 nitrogen and oxygen atoms in total. The number of nitrogens with zero attached hydrogens (tertiary/aromatic N) is 1. The third-order valence-corrected chi connectivity index (χ3v) is 3.64. The fourth-order valence-electron chi connectivity index (χ4n) is 2.47. The third kappa shape index (κ3) is 4.60. The molecule has 2 rings (SSSR count). The molecule has 0 fully saturated rings. The molecule has 0 spiro atoms. The van der Waals surface area contributed by atoms with Gasteiger partial charge in [0.05, 0.1) is 0 Å². The first-order chi connectivity index (χ1) is 10.2. The summed E-state index contributed by atoms with van der Waals surface area (Å²) in [7, 11) is 0. The van der Waals surface area contributed by atoms with Gasteiger partial charge in [0, 0.05) is 24.3 Å². The van der Waals surface area contributed by atoms with Crippen LogP contribution in [0.5, 0.6) is 5.75 Å². The smallest absolute Gasteiger partial charge is 0.247 e. The predicted octanol–water partition coefficient (Wildman–Crippen LogP) is 3.54. The van der Waals surface area contributed by atoms with E-state index >= 15 is 0 Å². The summed E-state index contributed by atoms with van der Waals surface area (Å²) in [5.74, 6) is 0.722. The number of ether oxygens (including phenoxy) is 1. The van der Waals surface area contributed by atoms with Gasteiger partial charge in [-0.1, -0.05) is 32.8 Å². The Morgan fingerprint density at radius 1 is 1.43 bits per heavy atom. The van der Waals surface area contributed by atoms with Crippen LogP contribution >= 0.6 is 0 Å². The number of carbonyl (C=O) groups excluding carboxylic acids is 1. The van der Waals surface area contributed by atoms with Gasteiger partial charge in [-0.15, -0.1) is 0 Å². The number of fused-ring (bicyclic) bond motifs is 1. The monoisotopic (exact) mass is 288 g/mol. The van der Waals surface area contributed by atoms with Crippen molar-refractivity contribution >= 4 is 11.6 Å². The molecular weight excluding hydrogens is 264 g/mol. The summed E-state index contributed by atoms with van der Waals surface area (Å²) in [5.41, 5.74) is 1.91. The van der Waals surface area contributed by atoms with E-state index in [1.54, 1.807) is 0 Å². The second-order valence-electron chi connectivity index (χ2n) is 5.40. The number of anilines is 1. The minimum atomic E-state index is -0.192. The molecule has 1 heterocycles. The number of carbonyl (C=O) groups is 1. The number of hydrogen-bond donors (Lipinski definition) is 1. The summed E-state index contributed by atoms with van der Waals surface area (Å²) in [5, 5.41) is 2.79. The molecule has 0 unspecified atom stereocenters. The molecular formula is C17H24N2O2. The number of rotatable bonds is 7. The minimum absolute atomic E-state index is 0.192. The summed E-state index contributed by atoms with van der Waals surface area (Å²) in [6.07, 6.45) is 6.30. The van der Waals surface area contributed by atoms with Crippen molar-refractivity contribution in [1.29, 1.82) is 0 Å². The van der Waals surface area contributed by atoms with Gasteiger partial charge in [-0.05, 0) is 30.7 Å². The highest BCUT2D eigenvalue weighted by atomic mass is 16.5. The maximum absolute atomic E-state index is 11.3. The molecule has 0 atom stereocenters. The van der Waals surface area contributed by atoms with Crippen molar-refractivity contribution in [3.8, 4) is 5.75 Å². The lowest BCUT2D eigenvalue weighted by atomic mass is 10.1. The zero-order chi connectivity index (χ0) is 15.1. The van der Waals surface area contributed by atoms with Crippen LogP contribution < -0.4 is 10.1 Å². The molecule has 1 aliphatic rings. The Morgan fingerprint density at radius 3 is 3.05 bits per heavy atom. The largest absolute Gasteiger partial charge is 0.478 e. The van der Waals surface area contributed by atoms with E-state index in [-0.39, 0.29) is 5.91 Å². The Labute approximate surface area is 126 Å².